The van der Waals surface area contributed by atoms with Crippen molar-refractivity contribution in [3.05, 3.63) is 173 Å². The summed E-state index contributed by atoms with van der Waals surface area (Å²) in [5.74, 6) is 0. The highest BCUT2D eigenvalue weighted by Gasteiger charge is 2.64. The Morgan fingerprint density at radius 1 is 0.500 bits per heavy atom. The van der Waals surface area contributed by atoms with Crippen molar-refractivity contribution in [3.8, 4) is 22.4 Å². The lowest BCUT2D eigenvalue weighted by Gasteiger charge is -2.36. The molecule has 0 N–H and O–H groups in total. The lowest BCUT2D eigenvalue weighted by molar-refractivity contribution is -0.0152. The van der Waals surface area contributed by atoms with Crippen LogP contribution >= 0.6 is 0 Å². The molecule has 2 aliphatic heterocycles. The molecule has 1 unspecified atom stereocenters. The third-order valence-electron chi connectivity index (χ3n) is 14.0. The minimum Gasteiger partial charge on any atom is -0.405 e. The van der Waals surface area contributed by atoms with Gasteiger partial charge in [-0.25, -0.2) is 4.98 Å². The summed E-state index contributed by atoms with van der Waals surface area (Å²) >= 11 is 0. The molecule has 1 atom stereocenters. The maximum absolute atomic E-state index is 6.69. The lowest BCUT2D eigenvalue weighted by atomic mass is 9.49. The first kappa shape index (κ1) is 37.2. The minimum absolute atomic E-state index is 0.458. The summed E-state index contributed by atoms with van der Waals surface area (Å²) in [7, 11) is -1.19. The fourth-order valence-electron chi connectivity index (χ4n) is 9.71. The van der Waals surface area contributed by atoms with E-state index < -0.39 is 41.8 Å². The summed E-state index contributed by atoms with van der Waals surface area (Å²) in [5.41, 5.74) is 9.51. The topological polar surface area (TPSA) is 49.8 Å². The first-order chi connectivity index (χ1) is 27.8. The molecule has 3 heterocycles. The molecule has 0 bridgehead atoms. The highest BCUT2D eigenvalue weighted by Crippen LogP contribution is 2.59. The van der Waals surface area contributed by atoms with Crippen molar-refractivity contribution in [1.29, 1.82) is 0 Å². The van der Waals surface area contributed by atoms with Crippen LogP contribution in [0.4, 0.5) is 0 Å². The van der Waals surface area contributed by atoms with E-state index in [9.17, 15) is 0 Å². The predicted octanol–water partition coefficient (Wildman–Crippen LogP) is 11.6. The first-order valence-corrected chi connectivity index (χ1v) is 20.7. The Bertz CT molecular complexity index is 2640. The Balaban J connectivity index is 1.04. The van der Waals surface area contributed by atoms with Crippen molar-refractivity contribution < 1.29 is 18.6 Å². The Kier molecular flexibility index (Phi) is 8.50. The summed E-state index contributed by atoms with van der Waals surface area (Å²) in [6.07, 6.45) is 1.61. The van der Waals surface area contributed by atoms with Gasteiger partial charge in [0.1, 0.15) is 0 Å². The van der Waals surface area contributed by atoms with Crippen LogP contribution in [0.2, 0.25) is 0 Å². The van der Waals surface area contributed by atoms with Crippen LogP contribution in [0.3, 0.4) is 0 Å². The van der Waals surface area contributed by atoms with Gasteiger partial charge in [0.25, 0.3) is 0 Å². The van der Waals surface area contributed by atoms with E-state index in [1.807, 2.05) is 0 Å². The van der Waals surface area contributed by atoms with Crippen LogP contribution < -0.4 is 0 Å². The minimum atomic E-state index is -0.602. The second-order valence-electron chi connectivity index (χ2n) is 18.1. The Hall–Kier alpha value is -5.04. The summed E-state index contributed by atoms with van der Waals surface area (Å²) in [6, 6.07) is 53.3. The Morgan fingerprint density at radius 2 is 1.07 bits per heavy atom. The van der Waals surface area contributed by atoms with Crippen LogP contribution in [0.15, 0.2) is 146 Å². The molecule has 0 spiro atoms. The van der Waals surface area contributed by atoms with Crippen molar-refractivity contribution >= 4 is 35.7 Å². The quantitative estimate of drug-likeness (QED) is 0.120. The van der Waals surface area contributed by atoms with Gasteiger partial charge in [0, 0.05) is 21.7 Å². The first-order valence-electron chi connectivity index (χ1n) is 20.7. The van der Waals surface area contributed by atoms with E-state index in [1.54, 1.807) is 0 Å². The predicted molar refractivity (Wildman–Crippen MR) is 237 cm³/mol. The van der Waals surface area contributed by atoms with E-state index in [-0.39, 0.29) is 0 Å². The van der Waals surface area contributed by atoms with E-state index in [0.29, 0.717) is 0 Å². The van der Waals surface area contributed by atoms with Gasteiger partial charge in [-0.3, -0.25) is 0 Å². The number of aromatic nitrogens is 1. The molecule has 0 saturated carbocycles. The maximum Gasteiger partial charge on any atom is 0.488 e. The SMILES string of the molecule is CC1(C)OB(B2OC(C)(C)C(C)(CCc3ccc(-c4nc5ccccc5c5c6c(ccc45)C(c4ccccc4)(c4ccccc4)c4ccccc4-6)cc3)O2)OC1(C)C. The monoisotopic (exact) mass is 761 g/mol. The number of aryl methyl sites for hydroxylation is 1. The standard InChI is InChI=1S/C51H49B2NO4/c1-47(2)48(3,4)56-52(55-47)53-57-49(5,6)50(7,58-53)33-32-34-26-28-35(29-27-34)46-40-30-31-42-45(44(40)39-23-15-17-25-43(39)54-46)38-22-14-16-24-41(38)51(42,36-18-10-8-11-19-36)37-20-12-9-13-21-37/h8-31H,32-33H2,1-7H3. The third kappa shape index (κ3) is 5.51. The van der Waals surface area contributed by atoms with Gasteiger partial charge in [0.15, 0.2) is 0 Å². The van der Waals surface area contributed by atoms with Gasteiger partial charge in [-0.2, -0.15) is 0 Å². The number of hydrogen-bond donors (Lipinski definition) is 0. The summed E-state index contributed by atoms with van der Waals surface area (Å²) in [6.45, 7) is 14.6. The number of para-hydroxylation sites is 1. The molecule has 7 aromatic rings. The average molecular weight is 762 g/mol. The maximum atomic E-state index is 6.69. The molecule has 2 saturated heterocycles. The zero-order valence-electron chi connectivity index (χ0n) is 34.5. The zero-order chi connectivity index (χ0) is 40.1. The molecule has 6 aromatic carbocycles. The van der Waals surface area contributed by atoms with Crippen molar-refractivity contribution in [3.63, 3.8) is 0 Å². The summed E-state index contributed by atoms with van der Waals surface area (Å²) in [4.78, 5) is 5.38. The van der Waals surface area contributed by atoms with E-state index >= 15 is 0 Å². The summed E-state index contributed by atoms with van der Waals surface area (Å²) < 4.78 is 25.8. The van der Waals surface area contributed by atoms with Crippen molar-refractivity contribution in [2.24, 2.45) is 0 Å². The molecular weight excluding hydrogens is 712 g/mol. The van der Waals surface area contributed by atoms with E-state index in [4.69, 9.17) is 23.6 Å². The van der Waals surface area contributed by atoms with E-state index in [1.165, 1.54) is 44.3 Å². The highest BCUT2D eigenvalue weighted by atomic mass is 16.7. The molecule has 5 nitrogen and oxygen atoms in total. The van der Waals surface area contributed by atoms with Gasteiger partial charge in [-0.1, -0.05) is 140 Å². The lowest BCUT2D eigenvalue weighted by Crippen LogP contribution is -2.45. The Labute approximate surface area is 343 Å². The van der Waals surface area contributed by atoms with Crippen LogP contribution in [0, 0.1) is 0 Å². The highest BCUT2D eigenvalue weighted by molar-refractivity contribution is 7.11. The van der Waals surface area contributed by atoms with Crippen LogP contribution in [0.5, 0.6) is 0 Å². The third-order valence-corrected chi connectivity index (χ3v) is 14.0. The number of benzene rings is 6. The van der Waals surface area contributed by atoms with Gasteiger partial charge in [-0.05, 0) is 106 Å². The van der Waals surface area contributed by atoms with E-state index in [2.05, 4.69) is 194 Å². The molecule has 10 rings (SSSR count). The molecule has 0 radical (unpaired) electrons. The van der Waals surface area contributed by atoms with Crippen molar-refractivity contribution in [1.82, 2.24) is 4.98 Å². The smallest absolute Gasteiger partial charge is 0.405 e. The molecule has 288 valence electrons. The zero-order valence-corrected chi connectivity index (χ0v) is 34.5. The molecule has 3 aliphatic rings. The number of nitrogens with zero attached hydrogens (tertiary/aromatic N) is 1. The number of hydrogen-bond acceptors (Lipinski definition) is 5. The molecule has 58 heavy (non-hydrogen) atoms. The van der Waals surface area contributed by atoms with Gasteiger partial charge in [-0.15, -0.1) is 0 Å². The molecule has 2 fully saturated rings. The van der Waals surface area contributed by atoms with Gasteiger partial charge < -0.3 is 18.6 Å². The summed E-state index contributed by atoms with van der Waals surface area (Å²) in [5, 5.41) is 3.56. The van der Waals surface area contributed by atoms with Crippen molar-refractivity contribution in [2.45, 2.75) is 89.1 Å². The molecule has 1 aliphatic carbocycles. The average Bonchev–Trinajstić information content (AvgIpc) is 3.76. The van der Waals surface area contributed by atoms with Gasteiger partial charge >= 0.3 is 14.0 Å². The van der Waals surface area contributed by atoms with E-state index in [0.717, 1.165) is 40.4 Å². The van der Waals surface area contributed by atoms with Crippen LogP contribution in [-0.4, -0.2) is 41.4 Å². The second-order valence-corrected chi connectivity index (χ2v) is 18.1. The Morgan fingerprint density at radius 3 is 1.74 bits per heavy atom. The largest absolute Gasteiger partial charge is 0.488 e. The van der Waals surface area contributed by atoms with Crippen molar-refractivity contribution in [2.75, 3.05) is 0 Å². The fraction of sp³-hybridized carbons (Fsp3) is 0.275. The van der Waals surface area contributed by atoms with Crippen LogP contribution in [0.1, 0.15) is 82.7 Å². The second kappa shape index (κ2) is 13.2. The van der Waals surface area contributed by atoms with Crippen LogP contribution in [-0.2, 0) is 30.5 Å². The van der Waals surface area contributed by atoms with Crippen LogP contribution in [0.25, 0.3) is 44.1 Å². The normalized spacial score (nSPS) is 21.1. The molecular formula is C51H49B2NO4. The fourth-order valence-corrected chi connectivity index (χ4v) is 9.71. The van der Waals surface area contributed by atoms with Gasteiger partial charge in [0.2, 0.25) is 0 Å². The number of fused-ring (bicyclic) bond motifs is 7. The number of pyridine rings is 1. The molecule has 0 amide bonds. The number of rotatable bonds is 7. The van der Waals surface area contributed by atoms with Gasteiger partial charge in [0.05, 0.1) is 39.0 Å². The molecule has 1 aromatic heterocycles. The molecule has 7 heteroatoms.